The van der Waals surface area contributed by atoms with Crippen LogP contribution in [0.4, 0.5) is 8.78 Å². The predicted molar refractivity (Wildman–Crippen MR) is 33.6 cm³/mol. The minimum atomic E-state index is -1.97. The maximum atomic E-state index is 11.3. The second-order valence-corrected chi connectivity index (χ2v) is 2.10. The first-order valence-electron chi connectivity index (χ1n) is 2.85. The Balaban J connectivity index is 3.76. The van der Waals surface area contributed by atoms with Crippen LogP contribution in [0.5, 0.6) is 0 Å². The molecule has 0 saturated heterocycles. The summed E-state index contributed by atoms with van der Waals surface area (Å²) in [5.74, 6) is -0.755. The molecular formula is C6H9F2NO. The molecule has 0 atom stereocenters. The third-order valence-electron chi connectivity index (χ3n) is 0.671. The van der Waals surface area contributed by atoms with E-state index in [1.165, 1.54) is 0 Å². The van der Waals surface area contributed by atoms with Gasteiger partial charge in [0.1, 0.15) is 0 Å². The first-order chi connectivity index (χ1) is 4.52. The van der Waals surface area contributed by atoms with E-state index in [1.807, 2.05) is 0 Å². The van der Waals surface area contributed by atoms with E-state index < -0.39 is 12.0 Å². The van der Waals surface area contributed by atoms with Crippen molar-refractivity contribution in [1.29, 1.82) is 0 Å². The highest BCUT2D eigenvalue weighted by Gasteiger charge is 2.00. The van der Waals surface area contributed by atoms with Crippen molar-refractivity contribution < 1.29 is 13.6 Å². The summed E-state index contributed by atoms with van der Waals surface area (Å²) in [6.45, 7) is 3.39. The van der Waals surface area contributed by atoms with Gasteiger partial charge in [-0.15, -0.1) is 0 Å². The van der Waals surface area contributed by atoms with E-state index in [1.54, 1.807) is 13.8 Å². The van der Waals surface area contributed by atoms with E-state index >= 15 is 0 Å². The molecule has 0 saturated carbocycles. The highest BCUT2D eigenvalue weighted by Crippen LogP contribution is 1.95. The average Bonchev–Trinajstić information content (AvgIpc) is 1.58. The van der Waals surface area contributed by atoms with E-state index in [-0.39, 0.29) is 12.1 Å². The Hall–Kier alpha value is -0.930. The largest absolute Gasteiger partial charge is 0.350 e. The molecule has 0 aromatic carbocycles. The number of nitrogens with one attached hydrogen (secondary N) is 1. The van der Waals surface area contributed by atoms with Crippen LogP contribution in [-0.2, 0) is 4.79 Å². The van der Waals surface area contributed by atoms with Gasteiger partial charge in [0, 0.05) is 6.04 Å². The van der Waals surface area contributed by atoms with Crippen molar-refractivity contribution in [3.63, 3.8) is 0 Å². The highest BCUT2D eigenvalue weighted by atomic mass is 19.3. The summed E-state index contributed by atoms with van der Waals surface area (Å²) in [4.78, 5) is 10.4. The minimum absolute atomic E-state index is 0.108. The Labute approximate surface area is 57.9 Å². The van der Waals surface area contributed by atoms with Crippen LogP contribution in [0.15, 0.2) is 12.2 Å². The van der Waals surface area contributed by atoms with Crippen molar-refractivity contribution in [2.75, 3.05) is 0 Å². The first kappa shape index (κ1) is 9.07. The van der Waals surface area contributed by atoms with E-state index in [2.05, 4.69) is 5.32 Å². The van der Waals surface area contributed by atoms with Crippen LogP contribution < -0.4 is 5.32 Å². The standard InChI is InChI=1S/C6H9F2NO/c1-4(2)9-6(10)3-5(7)8/h3-4H,1-2H3,(H,9,10). The number of amides is 1. The zero-order valence-corrected chi connectivity index (χ0v) is 5.82. The SMILES string of the molecule is CC(C)NC(=O)C=C(F)F. The Bertz CT molecular complexity index is 150. The summed E-state index contributed by atoms with van der Waals surface area (Å²) in [7, 11) is 0. The lowest BCUT2D eigenvalue weighted by Gasteiger charge is -2.03. The third kappa shape index (κ3) is 5.21. The fraction of sp³-hybridized carbons (Fsp3) is 0.500. The number of hydrogen-bond acceptors (Lipinski definition) is 1. The second-order valence-electron chi connectivity index (χ2n) is 2.10. The quantitative estimate of drug-likeness (QED) is 0.589. The molecule has 4 heteroatoms. The number of halogens is 2. The van der Waals surface area contributed by atoms with E-state index in [4.69, 9.17) is 0 Å². The van der Waals surface area contributed by atoms with Gasteiger partial charge in [0.05, 0.1) is 6.08 Å². The molecule has 0 spiro atoms. The second kappa shape index (κ2) is 3.98. The summed E-state index contributed by atoms with van der Waals surface area (Å²) in [5, 5.41) is 2.28. The molecule has 0 aromatic heterocycles. The number of hydrogen-bond donors (Lipinski definition) is 1. The third-order valence-corrected chi connectivity index (χ3v) is 0.671. The van der Waals surface area contributed by atoms with E-state index in [0.717, 1.165) is 0 Å². The average molecular weight is 149 g/mol. The molecule has 0 rings (SSSR count). The fourth-order valence-electron chi connectivity index (χ4n) is 0.425. The molecule has 58 valence electrons. The van der Waals surface area contributed by atoms with E-state index in [0.29, 0.717) is 0 Å². The maximum absolute atomic E-state index is 11.3. The molecular weight excluding hydrogens is 140 g/mol. The summed E-state index contributed by atoms with van der Waals surface area (Å²) in [5.41, 5.74) is 0. The molecule has 0 unspecified atom stereocenters. The smallest absolute Gasteiger partial charge is 0.275 e. The van der Waals surface area contributed by atoms with Crippen molar-refractivity contribution in [2.24, 2.45) is 0 Å². The molecule has 0 radical (unpaired) electrons. The van der Waals surface area contributed by atoms with Crippen molar-refractivity contribution in [3.8, 4) is 0 Å². The van der Waals surface area contributed by atoms with Crippen LogP contribution >= 0.6 is 0 Å². The van der Waals surface area contributed by atoms with Gasteiger partial charge in [-0.05, 0) is 13.8 Å². The number of rotatable bonds is 2. The Kier molecular flexibility index (Phi) is 3.61. The van der Waals surface area contributed by atoms with Crippen molar-refractivity contribution in [2.45, 2.75) is 19.9 Å². The Morgan fingerprint density at radius 2 is 2.00 bits per heavy atom. The van der Waals surface area contributed by atoms with Gasteiger partial charge in [0.15, 0.2) is 0 Å². The summed E-state index contributed by atoms with van der Waals surface area (Å²) in [6, 6.07) is -0.108. The van der Waals surface area contributed by atoms with Crippen molar-refractivity contribution in [1.82, 2.24) is 5.32 Å². The zero-order chi connectivity index (χ0) is 8.15. The van der Waals surface area contributed by atoms with Gasteiger partial charge in [-0.2, -0.15) is 8.78 Å². The molecule has 0 aliphatic carbocycles. The van der Waals surface area contributed by atoms with Crippen LogP contribution in [0, 0.1) is 0 Å². The minimum Gasteiger partial charge on any atom is -0.350 e. The van der Waals surface area contributed by atoms with Crippen LogP contribution in [0.2, 0.25) is 0 Å². The van der Waals surface area contributed by atoms with Gasteiger partial charge in [-0.3, -0.25) is 4.79 Å². The van der Waals surface area contributed by atoms with Crippen LogP contribution in [0.1, 0.15) is 13.8 Å². The summed E-state index contributed by atoms with van der Waals surface area (Å²) >= 11 is 0. The molecule has 1 amide bonds. The van der Waals surface area contributed by atoms with Gasteiger partial charge >= 0.3 is 0 Å². The van der Waals surface area contributed by atoms with Crippen molar-refractivity contribution in [3.05, 3.63) is 12.2 Å². The number of carbonyl (C=O) groups excluding carboxylic acids is 1. The van der Waals surface area contributed by atoms with Crippen molar-refractivity contribution >= 4 is 5.91 Å². The van der Waals surface area contributed by atoms with Gasteiger partial charge < -0.3 is 5.32 Å². The lowest BCUT2D eigenvalue weighted by Crippen LogP contribution is -2.28. The van der Waals surface area contributed by atoms with Crippen LogP contribution in [0.25, 0.3) is 0 Å². The molecule has 0 aliphatic heterocycles. The molecule has 1 N–H and O–H groups in total. The molecule has 10 heavy (non-hydrogen) atoms. The number of carbonyl (C=O) groups is 1. The topological polar surface area (TPSA) is 29.1 Å². The summed E-state index contributed by atoms with van der Waals surface area (Å²) in [6.07, 6.45) is -1.71. The monoisotopic (exact) mass is 149 g/mol. The van der Waals surface area contributed by atoms with Crippen LogP contribution in [0.3, 0.4) is 0 Å². The van der Waals surface area contributed by atoms with Gasteiger partial charge in [-0.25, -0.2) is 0 Å². The normalized spacial score (nSPS) is 9.30. The lowest BCUT2D eigenvalue weighted by molar-refractivity contribution is -0.117. The molecule has 2 nitrogen and oxygen atoms in total. The van der Waals surface area contributed by atoms with Gasteiger partial charge in [0.2, 0.25) is 5.91 Å². The lowest BCUT2D eigenvalue weighted by atomic mass is 10.4. The zero-order valence-electron chi connectivity index (χ0n) is 5.82. The molecule has 0 fully saturated rings. The molecule has 0 bridgehead atoms. The highest BCUT2D eigenvalue weighted by molar-refractivity contribution is 5.87. The fourth-order valence-corrected chi connectivity index (χ4v) is 0.425. The maximum Gasteiger partial charge on any atom is 0.275 e. The Morgan fingerprint density at radius 1 is 1.50 bits per heavy atom. The van der Waals surface area contributed by atoms with Gasteiger partial charge in [-0.1, -0.05) is 0 Å². The predicted octanol–water partition coefficient (Wildman–Crippen LogP) is 1.29. The molecule has 0 aromatic rings. The summed E-state index contributed by atoms with van der Waals surface area (Å²) < 4.78 is 22.7. The first-order valence-corrected chi connectivity index (χ1v) is 2.85. The van der Waals surface area contributed by atoms with Gasteiger partial charge in [0.25, 0.3) is 6.08 Å². The van der Waals surface area contributed by atoms with E-state index in [9.17, 15) is 13.6 Å². The Morgan fingerprint density at radius 3 is 2.30 bits per heavy atom. The molecule has 0 aliphatic rings. The molecule has 0 heterocycles. The van der Waals surface area contributed by atoms with Crippen LogP contribution in [-0.4, -0.2) is 11.9 Å².